The normalized spacial score (nSPS) is 17.2. The summed E-state index contributed by atoms with van der Waals surface area (Å²) >= 11 is 1.60. The Hall–Kier alpha value is -2.79. The Kier molecular flexibility index (Phi) is 7.15. The minimum absolute atomic E-state index is 0.109. The average molecular weight is 459 g/mol. The molecule has 1 amide bonds. The second kappa shape index (κ2) is 10.2. The first-order valence-corrected chi connectivity index (χ1v) is 11.3. The van der Waals surface area contributed by atoms with E-state index in [0.29, 0.717) is 5.69 Å². The van der Waals surface area contributed by atoms with Crippen molar-refractivity contribution in [2.75, 3.05) is 58.4 Å². The van der Waals surface area contributed by atoms with E-state index >= 15 is 0 Å². The second-order valence-corrected chi connectivity index (χ2v) is 8.39. The number of carbonyl (C=O) groups is 2. The molecule has 0 radical (unpaired) electrons. The van der Waals surface area contributed by atoms with Crippen molar-refractivity contribution in [2.45, 2.75) is 6.54 Å². The van der Waals surface area contributed by atoms with Crippen molar-refractivity contribution in [2.24, 2.45) is 0 Å². The van der Waals surface area contributed by atoms with Gasteiger partial charge in [-0.25, -0.2) is 9.78 Å². The summed E-state index contributed by atoms with van der Waals surface area (Å²) in [6.07, 6.45) is 0. The fraction of sp³-hybridized carbons (Fsp3) is 0.409. The molecule has 1 aromatic carbocycles. The van der Waals surface area contributed by atoms with Crippen LogP contribution in [0.15, 0.2) is 40.9 Å². The molecule has 170 valence electrons. The van der Waals surface area contributed by atoms with Gasteiger partial charge in [-0.3, -0.25) is 9.69 Å². The van der Waals surface area contributed by atoms with Crippen molar-refractivity contribution in [3.05, 3.63) is 46.6 Å². The number of hydrogen-bond acceptors (Lipinski definition) is 9. The third kappa shape index (κ3) is 4.99. The minimum Gasteiger partial charge on any atom is -0.466 e. The molecule has 2 aliphatic rings. The number of rotatable bonds is 8. The zero-order valence-electron chi connectivity index (χ0n) is 17.9. The van der Waals surface area contributed by atoms with E-state index in [4.69, 9.17) is 14.5 Å². The maximum Gasteiger partial charge on any atom is 0.337 e. The highest BCUT2D eigenvalue weighted by Gasteiger charge is 2.34. The largest absolute Gasteiger partial charge is 0.466 e. The number of aliphatic hydroxyl groups is 1. The van der Waals surface area contributed by atoms with Gasteiger partial charge in [0.1, 0.15) is 10.7 Å². The highest BCUT2D eigenvalue weighted by atomic mass is 32.1. The van der Waals surface area contributed by atoms with Gasteiger partial charge in [0.25, 0.3) is 5.91 Å². The number of carbonyl (C=O) groups excluding carboxylic acids is 2. The van der Waals surface area contributed by atoms with Gasteiger partial charge in [0.15, 0.2) is 0 Å². The molecule has 32 heavy (non-hydrogen) atoms. The van der Waals surface area contributed by atoms with Crippen LogP contribution in [-0.2, 0) is 25.6 Å². The third-order valence-electron chi connectivity index (χ3n) is 5.40. The van der Waals surface area contributed by atoms with Crippen LogP contribution >= 0.6 is 11.3 Å². The first-order chi connectivity index (χ1) is 15.6. The number of hydrogen-bond donors (Lipinski definition) is 2. The summed E-state index contributed by atoms with van der Waals surface area (Å²) in [4.78, 5) is 33.3. The van der Waals surface area contributed by atoms with Crippen molar-refractivity contribution in [1.82, 2.24) is 14.8 Å². The van der Waals surface area contributed by atoms with E-state index in [0.717, 1.165) is 49.1 Å². The Morgan fingerprint density at radius 1 is 1.28 bits per heavy atom. The lowest BCUT2D eigenvalue weighted by atomic mass is 10.2. The Morgan fingerprint density at radius 2 is 2.03 bits per heavy atom. The van der Waals surface area contributed by atoms with Crippen molar-refractivity contribution >= 4 is 28.9 Å². The van der Waals surface area contributed by atoms with Gasteiger partial charge >= 0.3 is 5.97 Å². The van der Waals surface area contributed by atoms with Crippen LogP contribution in [0.4, 0.5) is 5.69 Å². The first kappa shape index (κ1) is 22.4. The lowest BCUT2D eigenvalue weighted by Crippen LogP contribution is -2.35. The van der Waals surface area contributed by atoms with Crippen LogP contribution in [0.3, 0.4) is 0 Å². The molecule has 9 nitrogen and oxygen atoms in total. The molecule has 2 N–H and O–H groups in total. The number of benzene rings is 1. The predicted octanol–water partition coefficient (Wildman–Crippen LogP) is 1.32. The first-order valence-electron chi connectivity index (χ1n) is 10.4. The van der Waals surface area contributed by atoms with E-state index in [2.05, 4.69) is 15.6 Å². The predicted molar refractivity (Wildman–Crippen MR) is 120 cm³/mol. The number of β-amino-alcohol motifs (C(OH)–C–C–N with tert-alkyl or cyclic N) is 1. The molecular weight excluding hydrogens is 432 g/mol. The SMILES string of the molecule is COC(=O)C1=C(Nc2ccc(-c3nc(CN4CCOCC4)cs3)cc2)C(=O)N(CCO)C1. The number of ether oxygens (including phenoxy) is 2. The van der Waals surface area contributed by atoms with Gasteiger partial charge in [-0.1, -0.05) is 0 Å². The molecule has 1 aromatic heterocycles. The Balaban J connectivity index is 1.45. The highest BCUT2D eigenvalue weighted by Crippen LogP contribution is 2.28. The van der Waals surface area contributed by atoms with E-state index in [1.165, 1.54) is 12.0 Å². The van der Waals surface area contributed by atoms with Crippen LogP contribution in [0.25, 0.3) is 10.6 Å². The van der Waals surface area contributed by atoms with E-state index in [9.17, 15) is 14.7 Å². The number of thiazole rings is 1. The van der Waals surface area contributed by atoms with Gasteiger partial charge in [-0.15, -0.1) is 11.3 Å². The molecule has 0 atom stereocenters. The molecule has 1 saturated heterocycles. The molecular formula is C22H26N4O5S. The summed E-state index contributed by atoms with van der Waals surface area (Å²) in [6, 6.07) is 7.57. The van der Waals surface area contributed by atoms with E-state index in [1.807, 2.05) is 24.3 Å². The molecule has 10 heteroatoms. The van der Waals surface area contributed by atoms with Gasteiger partial charge in [-0.2, -0.15) is 0 Å². The molecule has 4 rings (SSSR count). The summed E-state index contributed by atoms with van der Waals surface area (Å²) in [5.74, 6) is -0.898. The zero-order valence-corrected chi connectivity index (χ0v) is 18.7. The van der Waals surface area contributed by atoms with Gasteiger partial charge in [-0.05, 0) is 24.3 Å². The fourth-order valence-corrected chi connectivity index (χ4v) is 4.51. The molecule has 2 aliphatic heterocycles. The topological polar surface area (TPSA) is 104 Å². The number of aromatic nitrogens is 1. The molecule has 2 aromatic rings. The monoisotopic (exact) mass is 458 g/mol. The summed E-state index contributed by atoms with van der Waals surface area (Å²) in [7, 11) is 1.28. The maximum absolute atomic E-state index is 12.7. The smallest absolute Gasteiger partial charge is 0.337 e. The fourth-order valence-electron chi connectivity index (χ4n) is 3.69. The van der Waals surface area contributed by atoms with Crippen molar-refractivity contribution in [3.8, 4) is 10.6 Å². The highest BCUT2D eigenvalue weighted by molar-refractivity contribution is 7.13. The van der Waals surface area contributed by atoms with Crippen LogP contribution in [0.1, 0.15) is 5.69 Å². The van der Waals surface area contributed by atoms with Gasteiger partial charge in [0, 0.05) is 42.8 Å². The Morgan fingerprint density at radius 3 is 2.72 bits per heavy atom. The quantitative estimate of drug-likeness (QED) is 0.571. The number of nitrogens with one attached hydrogen (secondary N) is 1. The number of aliphatic hydroxyl groups excluding tert-OH is 1. The minimum atomic E-state index is -0.562. The standard InChI is InChI=1S/C22H26N4O5S/c1-30-22(29)18-13-26(6-9-27)21(28)19(18)23-16-4-2-15(3-5-16)20-24-17(14-32-20)12-25-7-10-31-11-8-25/h2-5,14,23,27H,6-13H2,1H3. The number of amides is 1. The molecule has 0 saturated carbocycles. The molecule has 0 aliphatic carbocycles. The van der Waals surface area contributed by atoms with E-state index in [1.54, 1.807) is 11.3 Å². The molecule has 0 bridgehead atoms. The van der Waals surface area contributed by atoms with Crippen LogP contribution < -0.4 is 5.32 Å². The number of methoxy groups -OCH3 is 1. The number of morpholine rings is 1. The number of esters is 1. The summed E-state index contributed by atoms with van der Waals surface area (Å²) in [5, 5.41) is 15.2. The second-order valence-electron chi connectivity index (χ2n) is 7.53. The lowest BCUT2D eigenvalue weighted by molar-refractivity contribution is -0.136. The van der Waals surface area contributed by atoms with Crippen LogP contribution in [-0.4, -0.2) is 84.9 Å². The van der Waals surface area contributed by atoms with Gasteiger partial charge in [0.05, 0.1) is 44.7 Å². The zero-order chi connectivity index (χ0) is 22.5. The van der Waals surface area contributed by atoms with Crippen LogP contribution in [0.5, 0.6) is 0 Å². The summed E-state index contributed by atoms with van der Waals surface area (Å²) in [6.45, 7) is 4.27. The van der Waals surface area contributed by atoms with Crippen LogP contribution in [0, 0.1) is 0 Å². The average Bonchev–Trinajstić information content (AvgIpc) is 3.40. The van der Waals surface area contributed by atoms with Gasteiger partial charge in [0.2, 0.25) is 0 Å². The number of anilines is 1. The summed E-state index contributed by atoms with van der Waals surface area (Å²) < 4.78 is 10.2. The van der Waals surface area contributed by atoms with Crippen molar-refractivity contribution < 1.29 is 24.2 Å². The van der Waals surface area contributed by atoms with E-state index < -0.39 is 5.97 Å². The van der Waals surface area contributed by atoms with E-state index in [-0.39, 0.29) is 36.9 Å². The number of nitrogens with zero attached hydrogens (tertiary/aromatic N) is 3. The molecule has 0 spiro atoms. The van der Waals surface area contributed by atoms with Crippen molar-refractivity contribution in [3.63, 3.8) is 0 Å². The molecule has 1 fully saturated rings. The molecule has 3 heterocycles. The third-order valence-corrected chi connectivity index (χ3v) is 6.34. The summed E-state index contributed by atoms with van der Waals surface area (Å²) in [5.41, 5.74) is 3.13. The Labute approximate surface area is 190 Å². The lowest BCUT2D eigenvalue weighted by Gasteiger charge is -2.25. The van der Waals surface area contributed by atoms with Gasteiger partial charge < -0.3 is 24.8 Å². The molecule has 0 unspecified atom stereocenters. The van der Waals surface area contributed by atoms with Crippen LogP contribution in [0.2, 0.25) is 0 Å². The Bertz CT molecular complexity index is 998. The van der Waals surface area contributed by atoms with Crippen molar-refractivity contribution in [1.29, 1.82) is 0 Å². The maximum atomic E-state index is 12.7.